The first kappa shape index (κ1) is 18.7. The van der Waals surface area contributed by atoms with Gasteiger partial charge >= 0.3 is 0 Å². The van der Waals surface area contributed by atoms with Gasteiger partial charge in [0, 0.05) is 23.7 Å². The quantitative estimate of drug-likeness (QED) is 0.795. The van der Waals surface area contributed by atoms with Crippen molar-refractivity contribution in [2.75, 3.05) is 0 Å². The highest BCUT2D eigenvalue weighted by Gasteiger charge is 2.42. The third kappa shape index (κ3) is 4.11. The molecule has 0 aromatic heterocycles. The average molecular weight is 377 g/mol. The number of hydrogen-bond donors (Lipinski definition) is 2. The molecule has 2 aliphatic rings. The smallest absolute Gasteiger partial charge is 0.251 e. The number of rotatable bonds is 6. The molecule has 2 fully saturated rings. The van der Waals surface area contributed by atoms with Gasteiger partial charge < -0.3 is 10.6 Å². The second kappa shape index (κ2) is 8.17. The number of benzene rings is 2. The summed E-state index contributed by atoms with van der Waals surface area (Å²) in [6.07, 6.45) is 5.34. The van der Waals surface area contributed by atoms with E-state index in [0.29, 0.717) is 23.6 Å². The molecule has 0 heterocycles. The van der Waals surface area contributed by atoms with Crippen molar-refractivity contribution in [1.82, 2.24) is 10.6 Å². The minimum atomic E-state index is -0.0953. The summed E-state index contributed by atoms with van der Waals surface area (Å²) in [4.78, 5) is 24.7. The van der Waals surface area contributed by atoms with Crippen LogP contribution in [0.4, 0.5) is 0 Å². The van der Waals surface area contributed by atoms with Crippen molar-refractivity contribution in [3.05, 3.63) is 71.3 Å². The third-order valence-electron chi connectivity index (χ3n) is 6.50. The zero-order valence-corrected chi connectivity index (χ0v) is 16.4. The molecular formula is C24H28N2O2. The predicted octanol–water partition coefficient (Wildman–Crippen LogP) is 4.17. The SMILES string of the molecule is CC(NC(=O)c1ccc(CNC(=O)c2ccccc2)cc1)C1CC2CCC1C2. The van der Waals surface area contributed by atoms with Crippen molar-refractivity contribution < 1.29 is 9.59 Å². The molecule has 2 N–H and O–H groups in total. The van der Waals surface area contributed by atoms with Crippen molar-refractivity contribution in [2.45, 2.75) is 45.2 Å². The highest BCUT2D eigenvalue weighted by atomic mass is 16.2. The molecule has 2 aliphatic carbocycles. The Kier molecular flexibility index (Phi) is 5.47. The fourth-order valence-corrected chi connectivity index (χ4v) is 4.95. The fraction of sp³-hybridized carbons (Fsp3) is 0.417. The second-order valence-corrected chi connectivity index (χ2v) is 8.35. The van der Waals surface area contributed by atoms with Gasteiger partial charge in [-0.15, -0.1) is 0 Å². The van der Waals surface area contributed by atoms with Crippen LogP contribution in [0, 0.1) is 17.8 Å². The monoisotopic (exact) mass is 376 g/mol. The fourth-order valence-electron chi connectivity index (χ4n) is 4.95. The normalized spacial score (nSPS) is 24.0. The molecule has 4 rings (SSSR count). The number of carbonyl (C=O) groups excluding carboxylic acids is 2. The summed E-state index contributed by atoms with van der Waals surface area (Å²) in [7, 11) is 0. The molecule has 2 aromatic rings. The van der Waals surface area contributed by atoms with Gasteiger partial charge in [0.05, 0.1) is 0 Å². The van der Waals surface area contributed by atoms with Crippen LogP contribution in [0.15, 0.2) is 54.6 Å². The van der Waals surface area contributed by atoms with Crippen LogP contribution < -0.4 is 10.6 Å². The van der Waals surface area contributed by atoms with Gasteiger partial charge in [0.25, 0.3) is 11.8 Å². The summed E-state index contributed by atoms with van der Waals surface area (Å²) in [5, 5.41) is 6.11. The van der Waals surface area contributed by atoms with Gasteiger partial charge in [-0.2, -0.15) is 0 Å². The number of hydrogen-bond acceptors (Lipinski definition) is 2. The summed E-state index contributed by atoms with van der Waals surface area (Å²) in [5.74, 6) is 2.23. The standard InChI is InChI=1S/C24H28N2O2/c1-16(22-14-18-9-12-21(22)13-18)26-24(28)20-10-7-17(8-11-20)15-25-23(27)19-5-3-2-4-6-19/h2-8,10-11,16,18,21-22H,9,12-15H2,1H3,(H,25,27)(H,26,28). The van der Waals surface area contributed by atoms with Crippen LogP contribution in [0.5, 0.6) is 0 Å². The van der Waals surface area contributed by atoms with Crippen LogP contribution in [0.3, 0.4) is 0 Å². The van der Waals surface area contributed by atoms with Crippen molar-refractivity contribution in [2.24, 2.45) is 17.8 Å². The lowest BCUT2D eigenvalue weighted by molar-refractivity contribution is 0.0913. The van der Waals surface area contributed by atoms with E-state index in [1.165, 1.54) is 25.7 Å². The molecule has 146 valence electrons. The summed E-state index contributed by atoms with van der Waals surface area (Å²) >= 11 is 0. The van der Waals surface area contributed by atoms with E-state index in [4.69, 9.17) is 0 Å². The molecule has 2 saturated carbocycles. The molecule has 4 atom stereocenters. The van der Waals surface area contributed by atoms with Crippen LogP contribution in [0.1, 0.15) is 58.9 Å². The van der Waals surface area contributed by atoms with Gasteiger partial charge in [0.15, 0.2) is 0 Å². The van der Waals surface area contributed by atoms with Crippen LogP contribution >= 0.6 is 0 Å². The molecule has 28 heavy (non-hydrogen) atoms. The Morgan fingerprint density at radius 2 is 1.64 bits per heavy atom. The topological polar surface area (TPSA) is 58.2 Å². The van der Waals surface area contributed by atoms with Gasteiger partial charge in [-0.1, -0.05) is 36.8 Å². The minimum absolute atomic E-state index is 0.00450. The van der Waals surface area contributed by atoms with E-state index in [1.54, 1.807) is 12.1 Å². The molecule has 0 radical (unpaired) electrons. The Morgan fingerprint density at radius 1 is 0.929 bits per heavy atom. The first-order chi connectivity index (χ1) is 13.6. The number of amides is 2. The van der Waals surface area contributed by atoms with Gasteiger partial charge in [-0.25, -0.2) is 0 Å². The molecule has 4 unspecified atom stereocenters. The highest BCUT2D eigenvalue weighted by Crippen LogP contribution is 2.49. The van der Waals surface area contributed by atoms with Gasteiger partial charge in [-0.3, -0.25) is 9.59 Å². The maximum absolute atomic E-state index is 12.6. The first-order valence-corrected chi connectivity index (χ1v) is 10.3. The summed E-state index contributed by atoms with van der Waals surface area (Å²) < 4.78 is 0. The number of nitrogens with one attached hydrogen (secondary N) is 2. The van der Waals surface area contributed by atoms with Crippen LogP contribution in [-0.4, -0.2) is 17.9 Å². The lowest BCUT2D eigenvalue weighted by Crippen LogP contribution is -2.40. The van der Waals surface area contributed by atoms with E-state index in [0.717, 1.165) is 17.4 Å². The maximum atomic E-state index is 12.6. The lowest BCUT2D eigenvalue weighted by atomic mass is 9.84. The first-order valence-electron chi connectivity index (χ1n) is 10.3. The largest absolute Gasteiger partial charge is 0.349 e. The Labute approximate surface area is 166 Å². The van der Waals surface area contributed by atoms with E-state index < -0.39 is 0 Å². The predicted molar refractivity (Wildman–Crippen MR) is 110 cm³/mol. The van der Waals surface area contributed by atoms with Crippen molar-refractivity contribution in [3.63, 3.8) is 0 Å². The second-order valence-electron chi connectivity index (χ2n) is 8.35. The molecule has 2 bridgehead atoms. The van der Waals surface area contributed by atoms with Crippen LogP contribution in [-0.2, 0) is 6.54 Å². The Morgan fingerprint density at radius 3 is 2.29 bits per heavy atom. The molecule has 2 aromatic carbocycles. The van der Waals surface area contributed by atoms with Crippen LogP contribution in [0.25, 0.3) is 0 Å². The van der Waals surface area contributed by atoms with Crippen LogP contribution in [0.2, 0.25) is 0 Å². The molecule has 0 saturated heterocycles. The van der Waals surface area contributed by atoms with E-state index in [-0.39, 0.29) is 17.9 Å². The third-order valence-corrected chi connectivity index (χ3v) is 6.50. The highest BCUT2D eigenvalue weighted by molar-refractivity contribution is 5.95. The number of fused-ring (bicyclic) bond motifs is 2. The average Bonchev–Trinajstić information content (AvgIpc) is 3.37. The Hall–Kier alpha value is -2.62. The molecule has 4 nitrogen and oxygen atoms in total. The summed E-state index contributed by atoms with van der Waals surface area (Å²) in [6.45, 7) is 2.59. The van der Waals surface area contributed by atoms with Crippen molar-refractivity contribution in [1.29, 1.82) is 0 Å². The van der Waals surface area contributed by atoms with Gasteiger partial charge in [0.1, 0.15) is 0 Å². The molecular weight excluding hydrogens is 348 g/mol. The zero-order valence-electron chi connectivity index (χ0n) is 16.4. The van der Waals surface area contributed by atoms with Gasteiger partial charge in [-0.05, 0) is 73.8 Å². The van der Waals surface area contributed by atoms with E-state index in [2.05, 4.69) is 17.6 Å². The summed E-state index contributed by atoms with van der Waals surface area (Å²) in [6, 6.07) is 16.9. The maximum Gasteiger partial charge on any atom is 0.251 e. The van der Waals surface area contributed by atoms with E-state index >= 15 is 0 Å². The molecule has 2 amide bonds. The summed E-state index contributed by atoms with van der Waals surface area (Å²) in [5.41, 5.74) is 2.29. The Bertz CT molecular complexity index is 831. The molecule has 0 aliphatic heterocycles. The minimum Gasteiger partial charge on any atom is -0.349 e. The van der Waals surface area contributed by atoms with Crippen molar-refractivity contribution >= 4 is 11.8 Å². The van der Waals surface area contributed by atoms with Crippen molar-refractivity contribution in [3.8, 4) is 0 Å². The molecule has 0 spiro atoms. The Balaban J connectivity index is 1.29. The van der Waals surface area contributed by atoms with E-state index in [9.17, 15) is 9.59 Å². The van der Waals surface area contributed by atoms with E-state index in [1.807, 2.05) is 42.5 Å². The van der Waals surface area contributed by atoms with Gasteiger partial charge in [0.2, 0.25) is 0 Å². The zero-order chi connectivity index (χ0) is 19.5. The number of carbonyl (C=O) groups is 2. The lowest BCUT2D eigenvalue weighted by Gasteiger charge is -2.28. The molecule has 4 heteroatoms.